The average Bonchev–Trinajstić information content (AvgIpc) is 2.26. The molecule has 0 aromatic carbocycles. The van der Waals surface area contributed by atoms with Gasteiger partial charge in [0.05, 0.1) is 6.54 Å². The summed E-state index contributed by atoms with van der Waals surface area (Å²) in [5, 5.41) is 3.09. The van der Waals surface area contributed by atoms with Crippen LogP contribution in [0.5, 0.6) is 0 Å². The smallest absolute Gasteiger partial charge is 0.320 e. The molecule has 16 heavy (non-hydrogen) atoms. The van der Waals surface area contributed by atoms with Crippen molar-refractivity contribution in [1.82, 2.24) is 5.32 Å². The maximum atomic E-state index is 11.5. The standard InChI is InChI=1S/C13H25NO2/c1-4-11-6-5-7-12(8-11)16-13(15)9-14-10(2)3/h10-12,14H,4-9H2,1-3H3. The third-order valence-corrected chi connectivity index (χ3v) is 3.26. The van der Waals surface area contributed by atoms with Crippen LogP contribution in [0.3, 0.4) is 0 Å². The van der Waals surface area contributed by atoms with Gasteiger partial charge in [-0.15, -0.1) is 0 Å². The molecule has 0 aromatic rings. The molecule has 1 aliphatic rings. The fraction of sp³-hybridized carbons (Fsp3) is 0.923. The van der Waals surface area contributed by atoms with Gasteiger partial charge < -0.3 is 10.1 Å². The van der Waals surface area contributed by atoms with Gasteiger partial charge in [-0.25, -0.2) is 0 Å². The van der Waals surface area contributed by atoms with Crippen LogP contribution in [0, 0.1) is 5.92 Å². The Labute approximate surface area is 98.9 Å². The van der Waals surface area contributed by atoms with Crippen LogP contribution >= 0.6 is 0 Å². The molecule has 1 aliphatic carbocycles. The van der Waals surface area contributed by atoms with Gasteiger partial charge >= 0.3 is 5.97 Å². The molecule has 0 bridgehead atoms. The van der Waals surface area contributed by atoms with Crippen molar-refractivity contribution in [1.29, 1.82) is 0 Å². The molecule has 0 heterocycles. The van der Waals surface area contributed by atoms with Gasteiger partial charge in [0.1, 0.15) is 6.10 Å². The van der Waals surface area contributed by atoms with Crippen molar-refractivity contribution in [2.75, 3.05) is 6.54 Å². The van der Waals surface area contributed by atoms with Gasteiger partial charge in [-0.2, -0.15) is 0 Å². The molecule has 0 spiro atoms. The first-order valence-corrected chi connectivity index (χ1v) is 6.54. The highest BCUT2D eigenvalue weighted by Crippen LogP contribution is 2.28. The number of esters is 1. The average molecular weight is 227 g/mol. The quantitative estimate of drug-likeness (QED) is 0.733. The van der Waals surface area contributed by atoms with Crippen molar-refractivity contribution in [3.05, 3.63) is 0 Å². The van der Waals surface area contributed by atoms with Gasteiger partial charge in [0, 0.05) is 6.04 Å². The van der Waals surface area contributed by atoms with Crippen molar-refractivity contribution < 1.29 is 9.53 Å². The number of nitrogens with one attached hydrogen (secondary N) is 1. The summed E-state index contributed by atoms with van der Waals surface area (Å²) in [7, 11) is 0. The molecule has 1 N–H and O–H groups in total. The van der Waals surface area contributed by atoms with E-state index in [1.165, 1.54) is 19.3 Å². The van der Waals surface area contributed by atoms with Crippen LogP contribution < -0.4 is 5.32 Å². The highest BCUT2D eigenvalue weighted by atomic mass is 16.5. The van der Waals surface area contributed by atoms with E-state index >= 15 is 0 Å². The molecule has 3 nitrogen and oxygen atoms in total. The van der Waals surface area contributed by atoms with E-state index in [1.54, 1.807) is 0 Å². The zero-order valence-corrected chi connectivity index (χ0v) is 10.8. The number of rotatable bonds is 5. The fourth-order valence-electron chi connectivity index (χ4n) is 2.23. The van der Waals surface area contributed by atoms with E-state index < -0.39 is 0 Å². The monoisotopic (exact) mass is 227 g/mol. The molecule has 1 fully saturated rings. The lowest BCUT2D eigenvalue weighted by Gasteiger charge is -2.28. The SMILES string of the molecule is CCC1CCCC(OC(=O)CNC(C)C)C1. The van der Waals surface area contributed by atoms with Crippen LogP contribution in [0.1, 0.15) is 52.9 Å². The largest absolute Gasteiger partial charge is 0.461 e. The highest BCUT2D eigenvalue weighted by molar-refractivity contribution is 5.71. The van der Waals surface area contributed by atoms with Gasteiger partial charge in [-0.05, 0) is 25.2 Å². The van der Waals surface area contributed by atoms with E-state index in [0.717, 1.165) is 18.8 Å². The lowest BCUT2D eigenvalue weighted by atomic mass is 9.85. The Kier molecular flexibility index (Phi) is 5.81. The van der Waals surface area contributed by atoms with Crippen LogP contribution in [0.4, 0.5) is 0 Å². The molecule has 0 aromatic heterocycles. The van der Waals surface area contributed by atoms with E-state index in [2.05, 4.69) is 12.2 Å². The number of hydrogen-bond donors (Lipinski definition) is 1. The summed E-state index contributed by atoms with van der Waals surface area (Å²) >= 11 is 0. The van der Waals surface area contributed by atoms with Crippen LogP contribution in [0.25, 0.3) is 0 Å². The second-order valence-electron chi connectivity index (χ2n) is 5.09. The summed E-state index contributed by atoms with van der Waals surface area (Å²) in [5.41, 5.74) is 0. The van der Waals surface area contributed by atoms with Crippen LogP contribution in [-0.2, 0) is 9.53 Å². The summed E-state index contributed by atoms with van der Waals surface area (Å²) in [6, 6.07) is 0.335. The molecule has 2 unspecified atom stereocenters. The van der Waals surface area contributed by atoms with Crippen LogP contribution in [0.15, 0.2) is 0 Å². The first kappa shape index (κ1) is 13.5. The van der Waals surface area contributed by atoms with Crippen molar-refractivity contribution >= 4 is 5.97 Å². The molecular formula is C13H25NO2. The van der Waals surface area contributed by atoms with Gasteiger partial charge in [-0.1, -0.05) is 33.6 Å². The van der Waals surface area contributed by atoms with Crippen LogP contribution in [0.2, 0.25) is 0 Å². The zero-order chi connectivity index (χ0) is 12.0. The van der Waals surface area contributed by atoms with E-state index in [1.807, 2.05) is 13.8 Å². The van der Waals surface area contributed by atoms with E-state index in [9.17, 15) is 4.79 Å². The van der Waals surface area contributed by atoms with Gasteiger partial charge in [0.25, 0.3) is 0 Å². The van der Waals surface area contributed by atoms with Gasteiger partial charge in [0.2, 0.25) is 0 Å². The number of hydrogen-bond acceptors (Lipinski definition) is 3. The minimum absolute atomic E-state index is 0.101. The Morgan fingerprint density at radius 2 is 2.19 bits per heavy atom. The minimum atomic E-state index is -0.101. The molecule has 2 atom stereocenters. The first-order valence-electron chi connectivity index (χ1n) is 6.54. The van der Waals surface area contributed by atoms with Crippen molar-refractivity contribution in [3.8, 4) is 0 Å². The molecule has 94 valence electrons. The summed E-state index contributed by atoms with van der Waals surface area (Å²) in [5.74, 6) is 0.653. The molecule has 1 saturated carbocycles. The number of ether oxygens (including phenoxy) is 1. The number of carbonyl (C=O) groups is 1. The molecule has 1 rings (SSSR count). The van der Waals surface area contributed by atoms with Crippen LogP contribution in [-0.4, -0.2) is 24.7 Å². The highest BCUT2D eigenvalue weighted by Gasteiger charge is 2.23. The molecule has 0 aliphatic heterocycles. The third kappa shape index (κ3) is 4.97. The molecule has 0 radical (unpaired) electrons. The lowest BCUT2D eigenvalue weighted by Crippen LogP contribution is -2.33. The summed E-state index contributed by atoms with van der Waals surface area (Å²) in [6.07, 6.45) is 5.98. The topological polar surface area (TPSA) is 38.3 Å². The Bertz CT molecular complexity index is 216. The van der Waals surface area contributed by atoms with E-state index in [4.69, 9.17) is 4.74 Å². The molecular weight excluding hydrogens is 202 g/mol. The van der Waals surface area contributed by atoms with Gasteiger partial charge in [-0.3, -0.25) is 4.79 Å². The maximum Gasteiger partial charge on any atom is 0.320 e. The minimum Gasteiger partial charge on any atom is -0.461 e. The summed E-state index contributed by atoms with van der Waals surface area (Å²) in [6.45, 7) is 6.61. The predicted octanol–water partition coefficient (Wildman–Crippen LogP) is 2.50. The first-order chi connectivity index (χ1) is 7.61. The van der Waals surface area contributed by atoms with Crippen molar-refractivity contribution in [3.63, 3.8) is 0 Å². The lowest BCUT2D eigenvalue weighted by molar-refractivity contribution is -0.150. The molecule has 3 heteroatoms. The maximum absolute atomic E-state index is 11.5. The normalized spacial score (nSPS) is 25.8. The van der Waals surface area contributed by atoms with E-state index in [-0.39, 0.29) is 12.1 Å². The third-order valence-electron chi connectivity index (χ3n) is 3.26. The Balaban J connectivity index is 2.22. The summed E-state index contributed by atoms with van der Waals surface area (Å²) in [4.78, 5) is 11.5. The predicted molar refractivity (Wildman–Crippen MR) is 65.3 cm³/mol. The second kappa shape index (κ2) is 6.89. The Morgan fingerprint density at radius 1 is 1.44 bits per heavy atom. The molecule has 0 saturated heterocycles. The second-order valence-corrected chi connectivity index (χ2v) is 5.09. The summed E-state index contributed by atoms with van der Waals surface area (Å²) < 4.78 is 5.47. The fourth-order valence-corrected chi connectivity index (χ4v) is 2.23. The Morgan fingerprint density at radius 3 is 2.81 bits per heavy atom. The number of carbonyl (C=O) groups excluding carboxylic acids is 1. The van der Waals surface area contributed by atoms with E-state index in [0.29, 0.717) is 12.6 Å². The van der Waals surface area contributed by atoms with Gasteiger partial charge in [0.15, 0.2) is 0 Å². The Hall–Kier alpha value is -0.570. The van der Waals surface area contributed by atoms with Crippen molar-refractivity contribution in [2.24, 2.45) is 5.92 Å². The molecule has 0 amide bonds. The van der Waals surface area contributed by atoms with Crippen molar-refractivity contribution in [2.45, 2.75) is 65.0 Å². The zero-order valence-electron chi connectivity index (χ0n) is 10.8.